The van der Waals surface area contributed by atoms with Gasteiger partial charge in [-0.3, -0.25) is 24.7 Å². The number of rotatable bonds is 7. The van der Waals surface area contributed by atoms with Crippen LogP contribution in [0.3, 0.4) is 0 Å². The Kier molecular flexibility index (Phi) is 6.81. The summed E-state index contributed by atoms with van der Waals surface area (Å²) in [5.74, 6) is -1.43. The largest absolute Gasteiger partial charge is 0.494 e. The highest BCUT2D eigenvalue weighted by atomic mass is 32.1. The van der Waals surface area contributed by atoms with Crippen LogP contribution in [-0.2, 0) is 9.59 Å². The standard InChI is InChI=1S/C21H21FN4O4S/c1-3-30-16-9-7-15(8-10-16)23-18(27)12-17-20(29)25(2)21(31)26(17)24-19(28)13-5-4-6-14(22)11-13/h4-11,17H,3,12H2,1-2H3,(H,23,27)(H,24,28)/t17-/m1/s1. The Morgan fingerprint density at radius 1 is 1.19 bits per heavy atom. The Morgan fingerprint density at radius 3 is 2.55 bits per heavy atom. The van der Waals surface area contributed by atoms with E-state index in [2.05, 4.69) is 10.7 Å². The number of nitrogens with one attached hydrogen (secondary N) is 2. The summed E-state index contributed by atoms with van der Waals surface area (Å²) in [6.45, 7) is 2.40. The van der Waals surface area contributed by atoms with Gasteiger partial charge in [-0.05, 0) is 61.6 Å². The minimum absolute atomic E-state index is 0.0358. The van der Waals surface area contributed by atoms with Crippen LogP contribution < -0.4 is 15.5 Å². The van der Waals surface area contributed by atoms with E-state index in [0.29, 0.717) is 18.0 Å². The van der Waals surface area contributed by atoms with E-state index in [-0.39, 0.29) is 17.1 Å². The minimum atomic E-state index is -1.03. The summed E-state index contributed by atoms with van der Waals surface area (Å²) in [7, 11) is 1.45. The molecule has 2 N–H and O–H groups in total. The molecule has 2 aromatic rings. The Morgan fingerprint density at radius 2 is 1.90 bits per heavy atom. The first kappa shape index (κ1) is 22.2. The number of hydrazine groups is 1. The summed E-state index contributed by atoms with van der Waals surface area (Å²) in [4.78, 5) is 38.8. The molecule has 162 valence electrons. The van der Waals surface area contributed by atoms with Gasteiger partial charge in [0.25, 0.3) is 11.8 Å². The van der Waals surface area contributed by atoms with Crippen molar-refractivity contribution < 1.29 is 23.5 Å². The second-order valence-corrected chi connectivity index (χ2v) is 7.09. The van der Waals surface area contributed by atoms with E-state index in [9.17, 15) is 18.8 Å². The number of carbonyl (C=O) groups excluding carboxylic acids is 3. The minimum Gasteiger partial charge on any atom is -0.494 e. The second-order valence-electron chi connectivity index (χ2n) is 6.73. The van der Waals surface area contributed by atoms with Crippen molar-refractivity contribution in [3.8, 4) is 5.75 Å². The highest BCUT2D eigenvalue weighted by molar-refractivity contribution is 7.80. The highest BCUT2D eigenvalue weighted by Crippen LogP contribution is 2.20. The smallest absolute Gasteiger partial charge is 0.269 e. The summed E-state index contributed by atoms with van der Waals surface area (Å²) in [5.41, 5.74) is 3.09. The number of nitrogens with zero attached hydrogens (tertiary/aromatic N) is 2. The van der Waals surface area contributed by atoms with Crippen molar-refractivity contribution in [2.45, 2.75) is 19.4 Å². The molecule has 0 aromatic heterocycles. The van der Waals surface area contributed by atoms with Crippen LogP contribution in [0.5, 0.6) is 5.75 Å². The molecule has 1 aliphatic rings. The van der Waals surface area contributed by atoms with Crippen molar-refractivity contribution in [3.63, 3.8) is 0 Å². The molecule has 0 spiro atoms. The predicted molar refractivity (Wildman–Crippen MR) is 116 cm³/mol. The van der Waals surface area contributed by atoms with Crippen LogP contribution >= 0.6 is 12.2 Å². The number of halogens is 1. The molecule has 0 aliphatic carbocycles. The van der Waals surface area contributed by atoms with Gasteiger partial charge in [-0.15, -0.1) is 0 Å². The van der Waals surface area contributed by atoms with Crippen molar-refractivity contribution in [3.05, 3.63) is 59.9 Å². The number of carbonyl (C=O) groups is 3. The SMILES string of the molecule is CCOc1ccc(NC(=O)C[C@@H]2C(=O)N(C)C(=S)N2NC(=O)c2cccc(F)c2)cc1. The quantitative estimate of drug-likeness (QED) is 0.637. The Hall–Kier alpha value is -3.53. The summed E-state index contributed by atoms with van der Waals surface area (Å²) >= 11 is 5.23. The third kappa shape index (κ3) is 5.15. The first-order valence-electron chi connectivity index (χ1n) is 9.50. The lowest BCUT2D eigenvalue weighted by Gasteiger charge is -2.24. The fraction of sp³-hybridized carbons (Fsp3) is 0.238. The summed E-state index contributed by atoms with van der Waals surface area (Å²) in [6.07, 6.45) is -0.250. The zero-order valence-electron chi connectivity index (χ0n) is 16.9. The van der Waals surface area contributed by atoms with Gasteiger partial charge < -0.3 is 10.1 Å². The van der Waals surface area contributed by atoms with Gasteiger partial charge in [-0.25, -0.2) is 9.40 Å². The van der Waals surface area contributed by atoms with Crippen LogP contribution in [0.25, 0.3) is 0 Å². The van der Waals surface area contributed by atoms with Crippen molar-refractivity contribution >= 4 is 40.7 Å². The molecular weight excluding hydrogens is 423 g/mol. The molecule has 1 saturated heterocycles. The molecule has 8 nitrogen and oxygen atoms in total. The monoisotopic (exact) mass is 444 g/mol. The maximum Gasteiger partial charge on any atom is 0.269 e. The average molecular weight is 444 g/mol. The molecule has 1 heterocycles. The lowest BCUT2D eigenvalue weighted by molar-refractivity contribution is -0.130. The third-order valence-corrected chi connectivity index (χ3v) is 5.03. The van der Waals surface area contributed by atoms with Gasteiger partial charge in [0.15, 0.2) is 5.11 Å². The van der Waals surface area contributed by atoms with Crippen molar-refractivity contribution in [2.75, 3.05) is 19.0 Å². The molecule has 3 rings (SSSR count). The number of benzene rings is 2. The summed E-state index contributed by atoms with van der Waals surface area (Å²) < 4.78 is 18.8. The zero-order valence-corrected chi connectivity index (χ0v) is 17.7. The molecule has 0 unspecified atom stereocenters. The second kappa shape index (κ2) is 9.52. The van der Waals surface area contributed by atoms with E-state index >= 15 is 0 Å². The molecule has 1 atom stereocenters. The lowest BCUT2D eigenvalue weighted by atomic mass is 10.2. The fourth-order valence-corrected chi connectivity index (χ4v) is 3.28. The Balaban J connectivity index is 1.69. The highest BCUT2D eigenvalue weighted by Gasteiger charge is 2.42. The van der Waals surface area contributed by atoms with E-state index in [1.54, 1.807) is 24.3 Å². The van der Waals surface area contributed by atoms with Crippen LogP contribution in [0, 0.1) is 5.82 Å². The molecular formula is C21H21FN4O4S. The molecule has 10 heteroatoms. The number of amides is 3. The van der Waals surface area contributed by atoms with Crippen molar-refractivity contribution in [2.24, 2.45) is 0 Å². The van der Waals surface area contributed by atoms with Gasteiger partial charge in [0, 0.05) is 18.3 Å². The topological polar surface area (TPSA) is 91.0 Å². The summed E-state index contributed by atoms with van der Waals surface area (Å²) in [6, 6.07) is 10.9. The van der Waals surface area contributed by atoms with Crippen LogP contribution in [0.15, 0.2) is 48.5 Å². The molecule has 31 heavy (non-hydrogen) atoms. The van der Waals surface area contributed by atoms with E-state index in [4.69, 9.17) is 17.0 Å². The van der Waals surface area contributed by atoms with Crippen LogP contribution in [0.1, 0.15) is 23.7 Å². The number of likely N-dealkylation sites (N-methyl/N-ethyl adjacent to an activating group) is 1. The van der Waals surface area contributed by atoms with Crippen LogP contribution in [0.4, 0.5) is 10.1 Å². The molecule has 1 fully saturated rings. The number of ether oxygens (including phenoxy) is 1. The Bertz CT molecular complexity index is 1010. The van der Waals surface area contributed by atoms with Crippen LogP contribution in [-0.4, -0.2) is 52.4 Å². The number of hydrogen-bond acceptors (Lipinski definition) is 5. The van der Waals surface area contributed by atoms with Gasteiger partial charge in [-0.2, -0.15) is 0 Å². The van der Waals surface area contributed by atoms with Gasteiger partial charge >= 0.3 is 0 Å². The van der Waals surface area contributed by atoms with E-state index in [1.807, 2.05) is 6.92 Å². The maximum absolute atomic E-state index is 13.4. The third-order valence-electron chi connectivity index (χ3n) is 4.56. The molecule has 0 bridgehead atoms. The predicted octanol–water partition coefficient (Wildman–Crippen LogP) is 2.33. The van der Waals surface area contributed by atoms with Gasteiger partial charge in [0.2, 0.25) is 5.91 Å². The van der Waals surface area contributed by atoms with Crippen molar-refractivity contribution in [1.82, 2.24) is 15.3 Å². The average Bonchev–Trinajstić information content (AvgIpc) is 2.93. The summed E-state index contributed by atoms with van der Waals surface area (Å²) in [5, 5.41) is 3.90. The number of thiocarbonyl (C=S) groups is 1. The number of anilines is 1. The fourth-order valence-electron chi connectivity index (χ4n) is 3.02. The maximum atomic E-state index is 13.4. The Labute approximate surface area is 183 Å². The van der Waals surface area contributed by atoms with E-state index in [0.717, 1.165) is 11.1 Å². The lowest BCUT2D eigenvalue weighted by Crippen LogP contribution is -2.49. The molecule has 0 radical (unpaired) electrons. The van der Waals surface area contributed by atoms with Gasteiger partial charge in [0.05, 0.1) is 13.0 Å². The first-order valence-corrected chi connectivity index (χ1v) is 9.91. The first-order chi connectivity index (χ1) is 14.8. The van der Waals surface area contributed by atoms with Gasteiger partial charge in [0.1, 0.15) is 17.6 Å². The van der Waals surface area contributed by atoms with Crippen LogP contribution in [0.2, 0.25) is 0 Å². The van der Waals surface area contributed by atoms with E-state index < -0.39 is 29.6 Å². The molecule has 0 saturated carbocycles. The molecule has 2 aromatic carbocycles. The zero-order chi connectivity index (χ0) is 22.5. The molecule has 3 amide bonds. The van der Waals surface area contributed by atoms with Crippen molar-refractivity contribution in [1.29, 1.82) is 0 Å². The molecule has 1 aliphatic heterocycles. The number of hydrogen-bond donors (Lipinski definition) is 2. The van der Waals surface area contributed by atoms with Gasteiger partial charge in [-0.1, -0.05) is 6.07 Å². The normalized spacial score (nSPS) is 15.8. The van der Waals surface area contributed by atoms with E-state index in [1.165, 1.54) is 30.1 Å².